The van der Waals surface area contributed by atoms with E-state index in [4.69, 9.17) is 0 Å². The Morgan fingerprint density at radius 3 is 2.50 bits per heavy atom. The first-order valence-corrected chi connectivity index (χ1v) is 1.50. The second kappa shape index (κ2) is 2.53. The third-order valence-corrected chi connectivity index (χ3v) is 0.441. The van der Waals surface area contributed by atoms with Crippen LogP contribution in [0.4, 0.5) is 0 Å². The molecule has 1 aliphatic heterocycles. The van der Waals surface area contributed by atoms with E-state index in [1.54, 1.807) is 12.6 Å². The number of nitrogens with zero attached hydrogens (tertiary/aromatic N) is 2. The molecule has 0 fully saturated rings. The highest BCUT2D eigenvalue weighted by Gasteiger charge is 1.73. The van der Waals surface area contributed by atoms with E-state index < -0.39 is 0 Å². The van der Waals surface area contributed by atoms with E-state index in [0.717, 1.165) is 6.54 Å². The molecule has 0 radical (unpaired) electrons. The molecule has 0 saturated carbocycles. The summed E-state index contributed by atoms with van der Waals surface area (Å²) in [6.07, 6.45) is 3.32. The largest absolute Gasteiger partial charge is 0.412 e. The second-order valence-electron chi connectivity index (χ2n) is 0.812. The molecule has 1 rings (SSSR count). The molecule has 0 bridgehead atoms. The molecule has 0 aromatic rings. The predicted molar refractivity (Wildman–Crippen MR) is 25.5 cm³/mol. The van der Waals surface area contributed by atoms with Crippen molar-refractivity contribution in [3.05, 3.63) is 0 Å². The maximum Gasteiger partial charge on any atom is 0.109 e. The summed E-state index contributed by atoms with van der Waals surface area (Å²) in [4.78, 5) is 7.40. The van der Waals surface area contributed by atoms with Gasteiger partial charge in [0.05, 0.1) is 6.54 Å². The summed E-state index contributed by atoms with van der Waals surface area (Å²) in [5.41, 5.74) is 0. The van der Waals surface area contributed by atoms with Crippen LogP contribution in [-0.4, -0.2) is 24.6 Å². The molecule has 0 aromatic carbocycles. The molecule has 1 heterocycles. The Labute approximate surface area is 35.7 Å². The van der Waals surface area contributed by atoms with Crippen LogP contribution in [0.2, 0.25) is 0 Å². The predicted octanol–water partition coefficient (Wildman–Crippen LogP) is -0.726. The van der Waals surface area contributed by atoms with Crippen molar-refractivity contribution in [3.8, 4) is 0 Å². The molecule has 2 N–H and O–H groups in total. The topological polar surface area (TPSA) is 56.2 Å². The molecule has 1 aliphatic rings. The molecule has 6 heavy (non-hydrogen) atoms. The van der Waals surface area contributed by atoms with Gasteiger partial charge >= 0.3 is 0 Å². The minimum Gasteiger partial charge on any atom is -0.412 e. The van der Waals surface area contributed by atoms with Gasteiger partial charge in [0, 0.05) is 6.21 Å². The quantitative estimate of drug-likeness (QED) is 0.373. The molecule has 34 valence electrons. The molecule has 0 spiro atoms. The highest BCUT2D eigenvalue weighted by Crippen LogP contribution is 1.71. The Morgan fingerprint density at radius 1 is 1.50 bits per heavy atom. The lowest BCUT2D eigenvalue weighted by molar-refractivity contribution is 0.824. The van der Waals surface area contributed by atoms with Crippen molar-refractivity contribution in [1.29, 1.82) is 0 Å². The molecular weight excluding hydrogens is 80.0 g/mol. The van der Waals surface area contributed by atoms with Crippen LogP contribution in [-0.2, 0) is 0 Å². The van der Waals surface area contributed by atoms with Gasteiger partial charge in [-0.3, -0.25) is 4.99 Å². The average Bonchev–Trinajstić information content (AvgIpc) is 1.76. The first-order chi connectivity index (χ1) is 2.50. The van der Waals surface area contributed by atoms with Crippen molar-refractivity contribution in [2.45, 2.75) is 0 Å². The molecule has 0 aromatic heterocycles. The monoisotopic (exact) mass is 86.0 g/mol. The van der Waals surface area contributed by atoms with E-state index in [9.17, 15) is 0 Å². The van der Waals surface area contributed by atoms with Crippen LogP contribution >= 0.6 is 0 Å². The minimum atomic E-state index is 0. The van der Waals surface area contributed by atoms with E-state index in [1.165, 1.54) is 0 Å². The fourth-order valence-corrected chi connectivity index (χ4v) is 0.236. The summed E-state index contributed by atoms with van der Waals surface area (Å²) in [6.45, 7) is 0.778. The van der Waals surface area contributed by atoms with E-state index in [1.807, 2.05) is 0 Å². The van der Waals surface area contributed by atoms with Crippen LogP contribution in [0.3, 0.4) is 0 Å². The fraction of sp³-hybridized carbons (Fsp3) is 0.333. The zero-order valence-electron chi connectivity index (χ0n) is 3.26. The number of hydrogen-bond donors (Lipinski definition) is 0. The minimum absolute atomic E-state index is 0. The van der Waals surface area contributed by atoms with E-state index in [-0.39, 0.29) is 5.48 Å². The molecule has 3 nitrogen and oxygen atoms in total. The van der Waals surface area contributed by atoms with Crippen LogP contribution in [0, 0.1) is 0 Å². The van der Waals surface area contributed by atoms with Gasteiger partial charge in [0.1, 0.15) is 6.34 Å². The zero-order chi connectivity index (χ0) is 3.54. The lowest BCUT2D eigenvalue weighted by Gasteiger charge is -1.56. The number of aliphatic imine (C=N–C) groups is 2. The first-order valence-electron chi connectivity index (χ1n) is 1.50. The Balaban J connectivity index is 0.000000250. The Bertz CT molecular complexity index is 66.9. The molecule has 3 heteroatoms. The summed E-state index contributed by atoms with van der Waals surface area (Å²) >= 11 is 0. The van der Waals surface area contributed by atoms with Crippen LogP contribution in [0.5, 0.6) is 0 Å². The van der Waals surface area contributed by atoms with Crippen LogP contribution in [0.25, 0.3) is 0 Å². The highest BCUT2D eigenvalue weighted by atomic mass is 16.0. The van der Waals surface area contributed by atoms with Crippen LogP contribution in [0.1, 0.15) is 0 Å². The second-order valence-corrected chi connectivity index (χ2v) is 0.812. The highest BCUT2D eigenvalue weighted by molar-refractivity contribution is 5.79. The van der Waals surface area contributed by atoms with Crippen molar-refractivity contribution in [2.24, 2.45) is 9.98 Å². The summed E-state index contributed by atoms with van der Waals surface area (Å²) in [5, 5.41) is 0. The van der Waals surface area contributed by atoms with Gasteiger partial charge in [0.15, 0.2) is 0 Å². The molecule has 0 unspecified atom stereocenters. The van der Waals surface area contributed by atoms with Gasteiger partial charge in [0.25, 0.3) is 0 Å². The Hall–Kier alpha value is -0.700. The number of rotatable bonds is 0. The Kier molecular flexibility index (Phi) is 2.24. The maximum absolute atomic E-state index is 3.74. The average molecular weight is 86.1 g/mol. The normalized spacial score (nSPS) is 14.7. The van der Waals surface area contributed by atoms with Crippen LogP contribution < -0.4 is 0 Å². The summed E-state index contributed by atoms with van der Waals surface area (Å²) in [6, 6.07) is 0. The van der Waals surface area contributed by atoms with Gasteiger partial charge in [-0.2, -0.15) is 0 Å². The molecule has 0 amide bonds. The molecule has 0 saturated heterocycles. The molecule has 0 atom stereocenters. The van der Waals surface area contributed by atoms with Crippen molar-refractivity contribution in [2.75, 3.05) is 6.54 Å². The van der Waals surface area contributed by atoms with Gasteiger partial charge in [-0.25, -0.2) is 4.99 Å². The lowest BCUT2D eigenvalue weighted by Crippen LogP contribution is -1.65. The molecular formula is C3H6N2O. The van der Waals surface area contributed by atoms with Crippen molar-refractivity contribution >= 4 is 12.6 Å². The van der Waals surface area contributed by atoms with Gasteiger partial charge in [-0.05, 0) is 0 Å². The number of hydrogen-bond acceptors (Lipinski definition) is 2. The SMILES string of the molecule is C1=NC=NC1.O. The third-order valence-electron chi connectivity index (χ3n) is 0.441. The van der Waals surface area contributed by atoms with Crippen molar-refractivity contribution < 1.29 is 5.48 Å². The van der Waals surface area contributed by atoms with E-state index in [0.29, 0.717) is 0 Å². The smallest absolute Gasteiger partial charge is 0.109 e. The lowest BCUT2D eigenvalue weighted by atomic mass is 10.8. The summed E-state index contributed by atoms with van der Waals surface area (Å²) < 4.78 is 0. The summed E-state index contributed by atoms with van der Waals surface area (Å²) in [5.74, 6) is 0. The maximum atomic E-state index is 3.74. The summed E-state index contributed by atoms with van der Waals surface area (Å²) in [7, 11) is 0. The standard InChI is InChI=1S/C3H4N2.H2O/c1-2-5-3-4-1;/h1,3H,2H2;1H2. The van der Waals surface area contributed by atoms with Gasteiger partial charge < -0.3 is 5.48 Å². The van der Waals surface area contributed by atoms with E-state index >= 15 is 0 Å². The van der Waals surface area contributed by atoms with Crippen molar-refractivity contribution in [1.82, 2.24) is 0 Å². The third kappa shape index (κ3) is 0.944. The van der Waals surface area contributed by atoms with Gasteiger partial charge in [-0.15, -0.1) is 0 Å². The zero-order valence-corrected chi connectivity index (χ0v) is 3.26. The van der Waals surface area contributed by atoms with Gasteiger partial charge in [0.2, 0.25) is 0 Å². The fourth-order valence-electron chi connectivity index (χ4n) is 0.236. The Morgan fingerprint density at radius 2 is 2.33 bits per heavy atom. The van der Waals surface area contributed by atoms with E-state index in [2.05, 4.69) is 9.98 Å². The molecule has 0 aliphatic carbocycles. The first kappa shape index (κ1) is 5.30. The van der Waals surface area contributed by atoms with Gasteiger partial charge in [-0.1, -0.05) is 0 Å². The van der Waals surface area contributed by atoms with Crippen LogP contribution in [0.15, 0.2) is 9.98 Å². The van der Waals surface area contributed by atoms with Crippen molar-refractivity contribution in [3.63, 3.8) is 0 Å².